The summed E-state index contributed by atoms with van der Waals surface area (Å²) in [5.41, 5.74) is 1.35. The molecule has 136 valence electrons. The third-order valence-electron chi connectivity index (χ3n) is 4.51. The number of para-hydroxylation sites is 1. The van der Waals surface area contributed by atoms with Gasteiger partial charge in [-0.15, -0.1) is 0 Å². The molecule has 2 aromatic carbocycles. The molecular formula is C20H23N3O3. The van der Waals surface area contributed by atoms with Crippen LogP contribution in [-0.4, -0.2) is 62.1 Å². The summed E-state index contributed by atoms with van der Waals surface area (Å²) in [5.74, 6) is 0.421. The van der Waals surface area contributed by atoms with Gasteiger partial charge in [-0.25, -0.2) is 4.79 Å². The van der Waals surface area contributed by atoms with Crippen molar-refractivity contribution in [3.05, 3.63) is 60.2 Å². The van der Waals surface area contributed by atoms with Gasteiger partial charge >= 0.3 is 6.09 Å². The minimum Gasteiger partial charge on any atom is -0.410 e. The van der Waals surface area contributed by atoms with Gasteiger partial charge in [-0.3, -0.25) is 9.69 Å². The molecule has 1 saturated heterocycles. The molecule has 0 radical (unpaired) electrons. The summed E-state index contributed by atoms with van der Waals surface area (Å²) in [6.45, 7) is 3.22. The van der Waals surface area contributed by atoms with Crippen molar-refractivity contribution in [2.45, 2.75) is 0 Å². The molecule has 0 aromatic heterocycles. The summed E-state index contributed by atoms with van der Waals surface area (Å²) in [4.78, 5) is 30.2. The number of rotatable bonds is 3. The average molecular weight is 353 g/mol. The zero-order valence-corrected chi connectivity index (χ0v) is 15.1. The summed E-state index contributed by atoms with van der Waals surface area (Å²) in [6, 6.07) is 16.0. The molecule has 0 aliphatic carbocycles. The largest absolute Gasteiger partial charge is 0.419 e. The topological polar surface area (TPSA) is 53.1 Å². The third kappa shape index (κ3) is 4.21. The Labute approximate surface area is 153 Å². The van der Waals surface area contributed by atoms with Gasteiger partial charge < -0.3 is 14.5 Å². The Morgan fingerprint density at radius 2 is 1.54 bits per heavy atom. The zero-order valence-electron chi connectivity index (χ0n) is 15.1. The Balaban J connectivity index is 1.60. The van der Waals surface area contributed by atoms with Crippen molar-refractivity contribution in [1.82, 2.24) is 9.80 Å². The van der Waals surface area contributed by atoms with Gasteiger partial charge in [0, 0.05) is 44.5 Å². The molecule has 0 atom stereocenters. The number of ether oxygens (including phenoxy) is 1. The molecule has 0 N–H and O–H groups in total. The Morgan fingerprint density at radius 3 is 2.15 bits per heavy atom. The van der Waals surface area contributed by atoms with Crippen LogP contribution in [0.15, 0.2) is 54.6 Å². The molecule has 1 aliphatic rings. The fourth-order valence-corrected chi connectivity index (χ4v) is 2.78. The minimum atomic E-state index is -0.477. The van der Waals surface area contributed by atoms with Crippen LogP contribution in [0.3, 0.4) is 0 Å². The maximum Gasteiger partial charge on any atom is 0.419 e. The Hall–Kier alpha value is -2.86. The fourth-order valence-electron chi connectivity index (χ4n) is 2.78. The van der Waals surface area contributed by atoms with Crippen LogP contribution in [0.25, 0.3) is 0 Å². The van der Waals surface area contributed by atoms with Gasteiger partial charge in [-0.2, -0.15) is 0 Å². The number of nitrogens with zero attached hydrogens (tertiary/aromatic N) is 3. The first-order chi connectivity index (χ1) is 12.5. The van der Waals surface area contributed by atoms with Gasteiger partial charge in [0.1, 0.15) is 5.75 Å². The highest BCUT2D eigenvalue weighted by molar-refractivity contribution is 5.94. The normalized spacial score (nSPS) is 14.8. The van der Waals surface area contributed by atoms with Gasteiger partial charge in [-0.05, 0) is 43.4 Å². The van der Waals surface area contributed by atoms with Crippen LogP contribution >= 0.6 is 0 Å². The highest BCUT2D eigenvalue weighted by atomic mass is 16.6. The van der Waals surface area contributed by atoms with E-state index in [-0.39, 0.29) is 5.91 Å². The predicted molar refractivity (Wildman–Crippen MR) is 101 cm³/mol. The minimum absolute atomic E-state index is 0.0115. The monoisotopic (exact) mass is 353 g/mol. The molecule has 1 aliphatic heterocycles. The Kier molecular flexibility index (Phi) is 5.53. The predicted octanol–water partition coefficient (Wildman–Crippen LogP) is 2.71. The molecule has 1 fully saturated rings. The maximum absolute atomic E-state index is 12.5. The number of benzene rings is 2. The van der Waals surface area contributed by atoms with Crippen LogP contribution in [0.4, 0.5) is 10.5 Å². The summed E-state index contributed by atoms with van der Waals surface area (Å²) in [7, 11) is 3.71. The molecule has 6 heteroatoms. The molecule has 3 rings (SSSR count). The van der Waals surface area contributed by atoms with E-state index in [1.54, 1.807) is 31.3 Å². The smallest absolute Gasteiger partial charge is 0.410 e. The summed E-state index contributed by atoms with van der Waals surface area (Å²) in [5, 5.41) is 0. The van der Waals surface area contributed by atoms with Crippen molar-refractivity contribution < 1.29 is 14.3 Å². The second-order valence-corrected chi connectivity index (χ2v) is 6.38. The molecule has 2 aromatic rings. The van der Waals surface area contributed by atoms with Crippen molar-refractivity contribution in [2.75, 3.05) is 45.2 Å². The van der Waals surface area contributed by atoms with Gasteiger partial charge in [0.15, 0.2) is 0 Å². The molecule has 0 saturated carbocycles. The van der Waals surface area contributed by atoms with Crippen LogP contribution in [0, 0.1) is 0 Å². The second kappa shape index (κ2) is 8.01. The molecule has 6 nitrogen and oxygen atoms in total. The number of amides is 2. The molecular weight excluding hydrogens is 330 g/mol. The van der Waals surface area contributed by atoms with E-state index < -0.39 is 6.09 Å². The summed E-state index contributed by atoms with van der Waals surface area (Å²) >= 11 is 0. The van der Waals surface area contributed by atoms with E-state index >= 15 is 0 Å². The lowest BCUT2D eigenvalue weighted by Crippen LogP contribution is -2.47. The van der Waals surface area contributed by atoms with E-state index in [0.29, 0.717) is 11.3 Å². The molecule has 0 bridgehead atoms. The van der Waals surface area contributed by atoms with Gasteiger partial charge in [0.2, 0.25) is 0 Å². The zero-order chi connectivity index (χ0) is 18.5. The van der Waals surface area contributed by atoms with E-state index in [1.165, 1.54) is 4.90 Å². The number of likely N-dealkylation sites (N-methyl/N-ethyl adjacent to an activating group) is 1. The molecule has 0 spiro atoms. The van der Waals surface area contributed by atoms with Crippen LogP contribution in [-0.2, 0) is 0 Å². The van der Waals surface area contributed by atoms with E-state index in [1.807, 2.05) is 35.2 Å². The quantitative estimate of drug-likeness (QED) is 0.851. The van der Waals surface area contributed by atoms with Crippen molar-refractivity contribution in [3.63, 3.8) is 0 Å². The third-order valence-corrected chi connectivity index (χ3v) is 4.51. The van der Waals surface area contributed by atoms with Crippen molar-refractivity contribution >= 4 is 17.7 Å². The molecule has 2 amide bonds. The van der Waals surface area contributed by atoms with E-state index in [9.17, 15) is 9.59 Å². The average Bonchev–Trinajstić information content (AvgIpc) is 2.68. The number of hydrogen-bond donors (Lipinski definition) is 0. The van der Waals surface area contributed by atoms with Crippen molar-refractivity contribution in [3.8, 4) is 5.75 Å². The van der Waals surface area contributed by atoms with Crippen molar-refractivity contribution in [2.24, 2.45) is 0 Å². The van der Waals surface area contributed by atoms with Crippen molar-refractivity contribution in [1.29, 1.82) is 0 Å². The Bertz CT molecular complexity index is 754. The Morgan fingerprint density at radius 1 is 0.923 bits per heavy atom. The lowest BCUT2D eigenvalue weighted by atomic mass is 10.1. The first-order valence-corrected chi connectivity index (χ1v) is 8.63. The first kappa shape index (κ1) is 17.9. The number of hydrogen-bond acceptors (Lipinski definition) is 4. The van der Waals surface area contributed by atoms with E-state index in [4.69, 9.17) is 4.74 Å². The molecule has 1 heterocycles. The lowest BCUT2D eigenvalue weighted by molar-refractivity contribution is 0.0664. The molecule has 0 unspecified atom stereocenters. The second-order valence-electron chi connectivity index (χ2n) is 6.38. The van der Waals surface area contributed by atoms with E-state index in [2.05, 4.69) is 11.9 Å². The van der Waals surface area contributed by atoms with Crippen LogP contribution in [0.1, 0.15) is 10.4 Å². The van der Waals surface area contributed by atoms with Gasteiger partial charge in [0.05, 0.1) is 0 Å². The lowest BCUT2D eigenvalue weighted by Gasteiger charge is -2.32. The highest BCUT2D eigenvalue weighted by Crippen LogP contribution is 2.18. The number of piperazine rings is 1. The van der Waals surface area contributed by atoms with Crippen LogP contribution < -0.4 is 9.64 Å². The fraction of sp³-hybridized carbons (Fsp3) is 0.300. The number of anilines is 1. The van der Waals surface area contributed by atoms with Gasteiger partial charge in [0.25, 0.3) is 5.91 Å². The SMILES string of the molecule is CN1CCN(C(=O)c2ccc(OC(=O)N(C)c3ccccc3)cc2)CC1. The summed E-state index contributed by atoms with van der Waals surface area (Å²) < 4.78 is 5.38. The van der Waals surface area contributed by atoms with Crippen LogP contribution in [0.5, 0.6) is 5.75 Å². The van der Waals surface area contributed by atoms with Crippen LogP contribution in [0.2, 0.25) is 0 Å². The highest BCUT2D eigenvalue weighted by Gasteiger charge is 2.20. The molecule has 26 heavy (non-hydrogen) atoms. The standard InChI is InChI=1S/C20H23N3O3/c1-21-12-14-23(15-13-21)19(24)16-8-10-18(11-9-16)26-20(25)22(2)17-6-4-3-5-7-17/h3-11H,12-15H2,1-2H3. The first-order valence-electron chi connectivity index (χ1n) is 8.63. The maximum atomic E-state index is 12.5. The summed E-state index contributed by atoms with van der Waals surface area (Å²) in [6.07, 6.45) is -0.477. The van der Waals surface area contributed by atoms with E-state index in [0.717, 1.165) is 31.9 Å². The van der Waals surface area contributed by atoms with Gasteiger partial charge in [-0.1, -0.05) is 18.2 Å². The number of carbonyl (C=O) groups excluding carboxylic acids is 2. The number of carbonyl (C=O) groups is 2.